The topological polar surface area (TPSA) is 66.1 Å². The molecule has 0 unspecified atom stereocenters. The van der Waals surface area contributed by atoms with Crippen molar-refractivity contribution < 1.29 is 8.42 Å². The van der Waals surface area contributed by atoms with E-state index < -0.39 is 10.0 Å². The van der Waals surface area contributed by atoms with Crippen molar-refractivity contribution in [2.75, 3.05) is 13.1 Å². The minimum Gasteiger partial charge on any atom is -0.281 e. The summed E-state index contributed by atoms with van der Waals surface area (Å²) in [7, 11) is -3.38. The predicted molar refractivity (Wildman–Crippen MR) is 65.2 cm³/mol. The van der Waals surface area contributed by atoms with E-state index in [0.717, 1.165) is 12.8 Å². The Morgan fingerprint density at radius 3 is 2.47 bits per heavy atom. The molecule has 0 aliphatic heterocycles. The second kappa shape index (κ2) is 4.42. The van der Waals surface area contributed by atoms with Crippen molar-refractivity contribution in [3.8, 4) is 0 Å². The van der Waals surface area contributed by atoms with Gasteiger partial charge in [0.05, 0.1) is 11.4 Å². The van der Waals surface area contributed by atoms with Gasteiger partial charge in [-0.25, -0.2) is 8.42 Å². The third kappa shape index (κ3) is 2.37. The summed E-state index contributed by atoms with van der Waals surface area (Å²) in [5.41, 5.74) is 1.17. The van der Waals surface area contributed by atoms with Gasteiger partial charge < -0.3 is 0 Å². The molecule has 1 N–H and O–H groups in total. The van der Waals surface area contributed by atoms with Crippen LogP contribution in [0.25, 0.3) is 0 Å². The van der Waals surface area contributed by atoms with Gasteiger partial charge in [0.2, 0.25) is 10.0 Å². The molecule has 0 amide bonds. The van der Waals surface area contributed by atoms with Crippen LogP contribution in [0.4, 0.5) is 0 Å². The van der Waals surface area contributed by atoms with E-state index in [9.17, 15) is 8.42 Å². The first-order valence-electron chi connectivity index (χ1n) is 5.98. The molecule has 96 valence electrons. The Balaban J connectivity index is 2.33. The van der Waals surface area contributed by atoms with Crippen LogP contribution in [-0.2, 0) is 10.0 Å². The highest BCUT2D eigenvalue weighted by molar-refractivity contribution is 7.89. The lowest BCUT2D eigenvalue weighted by Crippen LogP contribution is -2.33. The molecular formula is C11H19N3O2S. The summed E-state index contributed by atoms with van der Waals surface area (Å²) in [4.78, 5) is 0.347. The van der Waals surface area contributed by atoms with Gasteiger partial charge in [-0.3, -0.25) is 5.10 Å². The molecule has 5 nitrogen and oxygen atoms in total. The second-order valence-electron chi connectivity index (χ2n) is 4.66. The largest absolute Gasteiger partial charge is 0.281 e. The molecule has 1 saturated carbocycles. The van der Waals surface area contributed by atoms with Crippen LogP contribution in [0.5, 0.6) is 0 Å². The van der Waals surface area contributed by atoms with Gasteiger partial charge >= 0.3 is 0 Å². The van der Waals surface area contributed by atoms with E-state index in [0.29, 0.717) is 35.3 Å². The molecule has 0 atom stereocenters. The number of nitrogens with zero attached hydrogens (tertiary/aromatic N) is 2. The van der Waals surface area contributed by atoms with Gasteiger partial charge in [-0.1, -0.05) is 6.92 Å². The molecule has 2 rings (SSSR count). The summed E-state index contributed by atoms with van der Waals surface area (Å²) < 4.78 is 26.6. The molecule has 1 aromatic rings. The van der Waals surface area contributed by atoms with Crippen molar-refractivity contribution in [2.24, 2.45) is 5.92 Å². The molecule has 1 aliphatic rings. The van der Waals surface area contributed by atoms with Crippen LogP contribution in [0.2, 0.25) is 0 Å². The number of aryl methyl sites for hydroxylation is 2. The van der Waals surface area contributed by atoms with Gasteiger partial charge in [0.25, 0.3) is 0 Å². The van der Waals surface area contributed by atoms with Crippen LogP contribution in [-0.4, -0.2) is 36.0 Å². The molecule has 0 radical (unpaired) electrons. The molecular weight excluding hydrogens is 238 g/mol. The van der Waals surface area contributed by atoms with Gasteiger partial charge in [0.15, 0.2) is 0 Å². The SMILES string of the molecule is CCN(CC1CC1)S(=O)(=O)c1c(C)n[nH]c1C. The second-order valence-corrected chi connectivity index (χ2v) is 6.54. The molecule has 0 aromatic carbocycles. The molecule has 1 aliphatic carbocycles. The molecule has 1 fully saturated rings. The standard InChI is InChI=1S/C11H19N3O2S/c1-4-14(7-10-5-6-10)17(15,16)11-8(2)12-13-9(11)3/h10H,4-7H2,1-3H3,(H,12,13). The Labute approximate surface area is 102 Å². The van der Waals surface area contributed by atoms with E-state index in [4.69, 9.17) is 0 Å². The zero-order chi connectivity index (χ0) is 12.6. The number of hydrogen-bond acceptors (Lipinski definition) is 3. The van der Waals surface area contributed by atoms with Crippen molar-refractivity contribution in [1.29, 1.82) is 0 Å². The lowest BCUT2D eigenvalue weighted by Gasteiger charge is -2.20. The number of rotatable bonds is 5. The zero-order valence-corrected chi connectivity index (χ0v) is 11.3. The Morgan fingerprint density at radius 1 is 1.41 bits per heavy atom. The predicted octanol–water partition coefficient (Wildman–Crippen LogP) is 1.45. The summed E-state index contributed by atoms with van der Waals surface area (Å²) >= 11 is 0. The van der Waals surface area contributed by atoms with E-state index in [1.165, 1.54) is 0 Å². The number of aromatic nitrogens is 2. The first kappa shape index (κ1) is 12.6. The van der Waals surface area contributed by atoms with E-state index in [-0.39, 0.29) is 0 Å². The quantitative estimate of drug-likeness (QED) is 0.868. The average molecular weight is 257 g/mol. The summed E-state index contributed by atoms with van der Waals surface area (Å²) in [5.74, 6) is 0.553. The maximum absolute atomic E-state index is 12.5. The smallest absolute Gasteiger partial charge is 0.246 e. The molecule has 1 aromatic heterocycles. The van der Waals surface area contributed by atoms with Crippen LogP contribution in [0.3, 0.4) is 0 Å². The van der Waals surface area contributed by atoms with E-state index >= 15 is 0 Å². The lowest BCUT2D eigenvalue weighted by molar-refractivity contribution is 0.411. The monoisotopic (exact) mass is 257 g/mol. The van der Waals surface area contributed by atoms with Crippen LogP contribution >= 0.6 is 0 Å². The first-order valence-corrected chi connectivity index (χ1v) is 7.42. The van der Waals surface area contributed by atoms with Gasteiger partial charge in [0, 0.05) is 13.1 Å². The third-order valence-corrected chi connectivity index (χ3v) is 5.37. The molecule has 0 bridgehead atoms. The van der Waals surface area contributed by atoms with Crippen LogP contribution in [0, 0.1) is 19.8 Å². The first-order chi connectivity index (χ1) is 7.96. The van der Waals surface area contributed by atoms with Gasteiger partial charge in [-0.15, -0.1) is 0 Å². The fourth-order valence-electron chi connectivity index (χ4n) is 2.04. The minimum absolute atomic E-state index is 0.347. The number of sulfonamides is 1. The van der Waals surface area contributed by atoms with Crippen LogP contribution in [0.1, 0.15) is 31.2 Å². The normalized spacial score (nSPS) is 16.7. The Hall–Kier alpha value is -0.880. The van der Waals surface area contributed by atoms with Crippen molar-refractivity contribution in [1.82, 2.24) is 14.5 Å². The lowest BCUT2D eigenvalue weighted by atomic mass is 10.4. The van der Waals surface area contributed by atoms with Crippen molar-refractivity contribution in [2.45, 2.75) is 38.5 Å². The fourth-order valence-corrected chi connectivity index (χ4v) is 3.89. The summed E-state index contributed by atoms with van der Waals surface area (Å²) in [6.07, 6.45) is 2.30. The highest BCUT2D eigenvalue weighted by Crippen LogP contribution is 2.32. The van der Waals surface area contributed by atoms with Crippen LogP contribution < -0.4 is 0 Å². The van der Waals surface area contributed by atoms with E-state index in [1.807, 2.05) is 6.92 Å². The average Bonchev–Trinajstić information content (AvgIpc) is 3.00. The zero-order valence-electron chi connectivity index (χ0n) is 10.5. The van der Waals surface area contributed by atoms with Crippen molar-refractivity contribution in [3.05, 3.63) is 11.4 Å². The maximum Gasteiger partial charge on any atom is 0.246 e. The number of hydrogen-bond donors (Lipinski definition) is 1. The summed E-state index contributed by atoms with van der Waals surface area (Å²) in [6, 6.07) is 0. The number of nitrogens with one attached hydrogen (secondary N) is 1. The highest BCUT2D eigenvalue weighted by Gasteiger charge is 2.33. The van der Waals surface area contributed by atoms with Gasteiger partial charge in [-0.05, 0) is 32.6 Å². The van der Waals surface area contributed by atoms with E-state index in [1.54, 1.807) is 18.2 Å². The third-order valence-electron chi connectivity index (χ3n) is 3.17. The Kier molecular flexibility index (Phi) is 3.27. The number of H-pyrrole nitrogens is 1. The molecule has 0 saturated heterocycles. The Bertz CT molecular complexity index is 483. The molecule has 6 heteroatoms. The minimum atomic E-state index is -3.38. The maximum atomic E-state index is 12.5. The molecule has 1 heterocycles. The van der Waals surface area contributed by atoms with Crippen molar-refractivity contribution >= 4 is 10.0 Å². The summed E-state index contributed by atoms with van der Waals surface area (Å²) in [5, 5.41) is 6.70. The van der Waals surface area contributed by atoms with E-state index in [2.05, 4.69) is 10.2 Å². The summed E-state index contributed by atoms with van der Waals surface area (Å²) in [6.45, 7) is 6.51. The molecule has 0 spiro atoms. The molecule has 17 heavy (non-hydrogen) atoms. The van der Waals surface area contributed by atoms with Crippen LogP contribution in [0.15, 0.2) is 4.90 Å². The van der Waals surface area contributed by atoms with Gasteiger partial charge in [0.1, 0.15) is 4.90 Å². The highest BCUT2D eigenvalue weighted by atomic mass is 32.2. The fraction of sp³-hybridized carbons (Fsp3) is 0.727. The van der Waals surface area contributed by atoms with Crippen molar-refractivity contribution in [3.63, 3.8) is 0 Å². The number of aromatic amines is 1. The Morgan fingerprint density at radius 2 is 2.06 bits per heavy atom. The van der Waals surface area contributed by atoms with Gasteiger partial charge in [-0.2, -0.15) is 9.40 Å².